The van der Waals surface area contributed by atoms with Crippen LogP contribution in [0.3, 0.4) is 0 Å². The third-order valence-corrected chi connectivity index (χ3v) is 4.99. The van der Waals surface area contributed by atoms with Gasteiger partial charge in [-0.3, -0.25) is 4.68 Å². The van der Waals surface area contributed by atoms with Crippen LogP contribution in [0.1, 0.15) is 12.7 Å². The molecule has 0 saturated heterocycles. The standard InChI is InChI=1S/C19H19N5S/c1-2-18-20-7-10-23(18)11-12-24-9-6-17(22-24)15-4-3-5-16(14-15)19-21-8-13-25-19/h3-10,13-14H,2,11-12H2,1H3. The van der Waals surface area contributed by atoms with E-state index in [4.69, 9.17) is 5.10 Å². The number of benzene rings is 1. The second-order valence-corrected chi connectivity index (χ2v) is 6.67. The summed E-state index contributed by atoms with van der Waals surface area (Å²) in [4.78, 5) is 8.75. The number of nitrogens with zero attached hydrogens (tertiary/aromatic N) is 5. The van der Waals surface area contributed by atoms with Gasteiger partial charge in [0.15, 0.2) is 0 Å². The molecule has 0 amide bonds. The van der Waals surface area contributed by atoms with Crippen molar-refractivity contribution in [3.8, 4) is 21.8 Å². The SMILES string of the molecule is CCc1nccn1CCn1ccc(-c2cccc(-c3nccs3)c2)n1. The average molecular weight is 349 g/mol. The Morgan fingerprint density at radius 1 is 1.00 bits per heavy atom. The Bertz CT molecular complexity index is 952. The van der Waals surface area contributed by atoms with Gasteiger partial charge >= 0.3 is 0 Å². The average Bonchev–Trinajstić information content (AvgIpc) is 3.41. The van der Waals surface area contributed by atoms with Crippen molar-refractivity contribution in [1.82, 2.24) is 24.3 Å². The number of thiazole rings is 1. The second kappa shape index (κ2) is 7.03. The number of hydrogen-bond donors (Lipinski definition) is 0. The van der Waals surface area contributed by atoms with Crippen molar-refractivity contribution < 1.29 is 0 Å². The van der Waals surface area contributed by atoms with E-state index in [1.807, 2.05) is 34.8 Å². The van der Waals surface area contributed by atoms with Crippen LogP contribution >= 0.6 is 11.3 Å². The molecule has 0 aliphatic heterocycles. The summed E-state index contributed by atoms with van der Waals surface area (Å²) in [5.74, 6) is 1.11. The Hall–Kier alpha value is -2.73. The van der Waals surface area contributed by atoms with Gasteiger partial charge in [0.05, 0.1) is 12.2 Å². The molecule has 1 aromatic carbocycles. The summed E-state index contributed by atoms with van der Waals surface area (Å²) in [7, 11) is 0. The van der Waals surface area contributed by atoms with Crippen LogP contribution in [0.2, 0.25) is 0 Å². The molecule has 4 rings (SSSR count). The Morgan fingerprint density at radius 2 is 1.92 bits per heavy atom. The molecule has 0 aliphatic carbocycles. The van der Waals surface area contributed by atoms with E-state index in [9.17, 15) is 0 Å². The van der Waals surface area contributed by atoms with Crippen molar-refractivity contribution in [1.29, 1.82) is 0 Å². The lowest BCUT2D eigenvalue weighted by Crippen LogP contribution is -2.09. The van der Waals surface area contributed by atoms with Crippen molar-refractivity contribution in [3.63, 3.8) is 0 Å². The summed E-state index contributed by atoms with van der Waals surface area (Å²) in [5.41, 5.74) is 3.23. The number of imidazole rings is 1. The summed E-state index contributed by atoms with van der Waals surface area (Å²) in [6.07, 6.45) is 8.70. The van der Waals surface area contributed by atoms with E-state index < -0.39 is 0 Å². The van der Waals surface area contributed by atoms with Crippen LogP contribution in [0, 0.1) is 0 Å². The number of hydrogen-bond acceptors (Lipinski definition) is 4. The van der Waals surface area contributed by atoms with Crippen LogP contribution in [0.25, 0.3) is 21.8 Å². The maximum absolute atomic E-state index is 4.72. The minimum absolute atomic E-state index is 0.829. The highest BCUT2D eigenvalue weighted by Crippen LogP contribution is 2.26. The zero-order valence-electron chi connectivity index (χ0n) is 14.0. The van der Waals surface area contributed by atoms with E-state index in [0.29, 0.717) is 0 Å². The first-order valence-corrected chi connectivity index (χ1v) is 9.25. The summed E-state index contributed by atoms with van der Waals surface area (Å²) in [6, 6.07) is 10.5. The second-order valence-electron chi connectivity index (χ2n) is 5.77. The van der Waals surface area contributed by atoms with Crippen LogP contribution in [0.15, 0.2) is 60.5 Å². The van der Waals surface area contributed by atoms with Gasteiger partial charge in [-0.15, -0.1) is 11.3 Å². The molecule has 0 spiro atoms. The van der Waals surface area contributed by atoms with Crippen LogP contribution in [0.4, 0.5) is 0 Å². The van der Waals surface area contributed by atoms with E-state index >= 15 is 0 Å². The summed E-state index contributed by atoms with van der Waals surface area (Å²) < 4.78 is 4.18. The van der Waals surface area contributed by atoms with E-state index in [-0.39, 0.29) is 0 Å². The number of aryl methyl sites for hydroxylation is 3. The van der Waals surface area contributed by atoms with Crippen molar-refractivity contribution in [2.75, 3.05) is 0 Å². The highest BCUT2D eigenvalue weighted by Gasteiger charge is 2.07. The molecular weight excluding hydrogens is 330 g/mol. The first-order valence-electron chi connectivity index (χ1n) is 8.37. The first-order chi connectivity index (χ1) is 12.3. The molecule has 0 saturated carbocycles. The van der Waals surface area contributed by atoms with E-state index in [2.05, 4.69) is 51.8 Å². The lowest BCUT2D eigenvalue weighted by Gasteiger charge is -2.06. The molecule has 25 heavy (non-hydrogen) atoms. The van der Waals surface area contributed by atoms with Crippen LogP contribution < -0.4 is 0 Å². The van der Waals surface area contributed by atoms with E-state index in [1.165, 1.54) is 0 Å². The zero-order chi connectivity index (χ0) is 17.1. The predicted octanol–water partition coefficient (Wildman–Crippen LogP) is 4.13. The monoisotopic (exact) mass is 349 g/mol. The topological polar surface area (TPSA) is 48.5 Å². The van der Waals surface area contributed by atoms with Crippen LogP contribution in [0.5, 0.6) is 0 Å². The maximum atomic E-state index is 4.72. The van der Waals surface area contributed by atoms with Gasteiger partial charge in [0, 0.05) is 54.3 Å². The van der Waals surface area contributed by atoms with Crippen molar-refractivity contribution in [2.24, 2.45) is 0 Å². The fourth-order valence-corrected chi connectivity index (χ4v) is 3.52. The van der Waals surface area contributed by atoms with E-state index in [0.717, 1.165) is 47.2 Å². The quantitative estimate of drug-likeness (QED) is 0.526. The minimum Gasteiger partial charge on any atom is -0.333 e. The van der Waals surface area contributed by atoms with Gasteiger partial charge in [-0.2, -0.15) is 5.10 Å². The lowest BCUT2D eigenvalue weighted by atomic mass is 10.1. The predicted molar refractivity (Wildman–Crippen MR) is 100 cm³/mol. The van der Waals surface area contributed by atoms with Gasteiger partial charge in [-0.1, -0.05) is 25.1 Å². The molecule has 6 heteroatoms. The molecule has 0 radical (unpaired) electrons. The van der Waals surface area contributed by atoms with Gasteiger partial charge in [-0.05, 0) is 12.1 Å². The third kappa shape index (κ3) is 3.39. The van der Waals surface area contributed by atoms with Gasteiger partial charge < -0.3 is 4.57 Å². The smallest absolute Gasteiger partial charge is 0.123 e. The Balaban J connectivity index is 1.50. The molecule has 0 N–H and O–H groups in total. The maximum Gasteiger partial charge on any atom is 0.123 e. The largest absolute Gasteiger partial charge is 0.333 e. The zero-order valence-corrected chi connectivity index (χ0v) is 14.9. The lowest BCUT2D eigenvalue weighted by molar-refractivity contribution is 0.522. The summed E-state index contributed by atoms with van der Waals surface area (Å²) in [5, 5.41) is 7.76. The fraction of sp³-hybridized carbons (Fsp3) is 0.211. The minimum atomic E-state index is 0.829. The van der Waals surface area contributed by atoms with Crippen molar-refractivity contribution in [3.05, 3.63) is 66.3 Å². The molecular formula is C19H19N5S. The molecule has 126 valence electrons. The summed E-state index contributed by atoms with van der Waals surface area (Å²) in [6.45, 7) is 3.83. The first kappa shape index (κ1) is 15.8. The van der Waals surface area contributed by atoms with Gasteiger partial charge in [0.1, 0.15) is 10.8 Å². The fourth-order valence-electron chi connectivity index (χ4n) is 2.89. The highest BCUT2D eigenvalue weighted by atomic mass is 32.1. The molecule has 0 unspecified atom stereocenters. The number of aromatic nitrogens is 5. The summed E-state index contributed by atoms with van der Waals surface area (Å²) >= 11 is 1.65. The van der Waals surface area contributed by atoms with Gasteiger partial charge in [-0.25, -0.2) is 9.97 Å². The van der Waals surface area contributed by atoms with Gasteiger partial charge in [0.25, 0.3) is 0 Å². The molecule has 4 aromatic rings. The van der Waals surface area contributed by atoms with Crippen LogP contribution in [-0.4, -0.2) is 24.3 Å². The normalized spacial score (nSPS) is 11.1. The Morgan fingerprint density at radius 3 is 2.76 bits per heavy atom. The molecule has 0 bridgehead atoms. The Labute approximate surface area is 150 Å². The third-order valence-electron chi connectivity index (χ3n) is 4.17. The highest BCUT2D eigenvalue weighted by molar-refractivity contribution is 7.13. The van der Waals surface area contributed by atoms with Crippen molar-refractivity contribution in [2.45, 2.75) is 26.4 Å². The van der Waals surface area contributed by atoms with Crippen LogP contribution in [-0.2, 0) is 19.5 Å². The van der Waals surface area contributed by atoms with E-state index in [1.54, 1.807) is 11.3 Å². The molecule has 5 nitrogen and oxygen atoms in total. The number of rotatable bonds is 6. The van der Waals surface area contributed by atoms with Crippen molar-refractivity contribution >= 4 is 11.3 Å². The molecule has 0 aliphatic rings. The molecule has 0 fully saturated rings. The molecule has 3 aromatic heterocycles. The molecule has 3 heterocycles. The Kier molecular flexibility index (Phi) is 4.43. The molecule has 0 atom stereocenters. The van der Waals surface area contributed by atoms with Gasteiger partial charge in [0.2, 0.25) is 0 Å².